The third-order valence-electron chi connectivity index (χ3n) is 3.32. The Morgan fingerprint density at radius 3 is 2.43 bits per heavy atom. The summed E-state index contributed by atoms with van der Waals surface area (Å²) < 4.78 is 32.9. The van der Waals surface area contributed by atoms with Gasteiger partial charge in [-0.1, -0.05) is 0 Å². The van der Waals surface area contributed by atoms with Crippen LogP contribution in [0, 0.1) is 0 Å². The maximum atomic E-state index is 12.5. The predicted octanol–water partition coefficient (Wildman–Crippen LogP) is 3.19. The molecule has 130 valence electrons. The fourth-order valence-electron chi connectivity index (χ4n) is 2.28. The normalized spacial score (nSPS) is 17.9. The Labute approximate surface area is 149 Å². The standard InChI is InChI=1S/C14H21BrN2O4S2/c1-14(2,3)21-13(18)16-10-6-8-17(9-7-10)23(19,20)12-5-4-11(15)22-12/h4-5,10H,6-9H2,1-3H3,(H,16,18). The summed E-state index contributed by atoms with van der Waals surface area (Å²) in [5, 5.41) is 2.80. The van der Waals surface area contributed by atoms with Crippen molar-refractivity contribution in [2.75, 3.05) is 13.1 Å². The first kappa shape index (κ1) is 18.7. The molecular weight excluding hydrogens is 404 g/mol. The fourth-order valence-corrected chi connectivity index (χ4v) is 5.91. The van der Waals surface area contributed by atoms with Gasteiger partial charge in [-0.2, -0.15) is 4.31 Å². The van der Waals surface area contributed by atoms with E-state index >= 15 is 0 Å². The van der Waals surface area contributed by atoms with Crippen molar-refractivity contribution in [3.8, 4) is 0 Å². The van der Waals surface area contributed by atoms with Gasteiger partial charge in [0.25, 0.3) is 10.0 Å². The lowest BCUT2D eigenvalue weighted by molar-refractivity contribution is 0.0489. The average molecular weight is 425 g/mol. The van der Waals surface area contributed by atoms with Crippen LogP contribution < -0.4 is 5.32 Å². The van der Waals surface area contributed by atoms with Gasteiger partial charge in [-0.25, -0.2) is 13.2 Å². The van der Waals surface area contributed by atoms with Gasteiger partial charge in [0.05, 0.1) is 3.79 Å². The highest BCUT2D eigenvalue weighted by Gasteiger charge is 2.31. The Balaban J connectivity index is 1.90. The molecular formula is C14H21BrN2O4S2. The van der Waals surface area contributed by atoms with Crippen molar-refractivity contribution in [3.63, 3.8) is 0 Å². The Bertz CT molecular complexity index is 659. The molecule has 0 saturated carbocycles. The number of alkyl carbamates (subject to hydrolysis) is 1. The number of carbonyl (C=O) groups excluding carboxylic acids is 1. The molecule has 1 amide bonds. The van der Waals surface area contributed by atoms with Gasteiger partial charge in [0.1, 0.15) is 9.81 Å². The number of hydrogen-bond acceptors (Lipinski definition) is 5. The molecule has 1 aromatic heterocycles. The summed E-state index contributed by atoms with van der Waals surface area (Å²) in [5.41, 5.74) is -0.541. The number of hydrogen-bond donors (Lipinski definition) is 1. The molecule has 2 heterocycles. The first-order chi connectivity index (χ1) is 10.6. The molecule has 0 spiro atoms. The lowest BCUT2D eigenvalue weighted by Gasteiger charge is -2.31. The van der Waals surface area contributed by atoms with Gasteiger partial charge in [-0.3, -0.25) is 0 Å². The monoisotopic (exact) mass is 424 g/mol. The second kappa shape index (κ2) is 7.08. The summed E-state index contributed by atoms with van der Waals surface area (Å²) in [6.07, 6.45) is 0.691. The quantitative estimate of drug-likeness (QED) is 0.807. The van der Waals surface area contributed by atoms with Gasteiger partial charge in [-0.15, -0.1) is 11.3 Å². The number of rotatable bonds is 3. The molecule has 1 saturated heterocycles. The van der Waals surface area contributed by atoms with Crippen LogP contribution in [0.1, 0.15) is 33.6 Å². The molecule has 1 aromatic rings. The molecule has 1 aliphatic heterocycles. The van der Waals surface area contributed by atoms with Crippen molar-refractivity contribution in [3.05, 3.63) is 15.9 Å². The van der Waals surface area contributed by atoms with Gasteiger partial charge in [0, 0.05) is 19.1 Å². The molecule has 2 rings (SSSR count). The van der Waals surface area contributed by atoms with E-state index in [0.29, 0.717) is 30.1 Å². The minimum atomic E-state index is -3.44. The van der Waals surface area contributed by atoms with E-state index in [1.165, 1.54) is 15.6 Å². The molecule has 0 aliphatic carbocycles. The van der Waals surface area contributed by atoms with Gasteiger partial charge in [-0.05, 0) is 61.7 Å². The van der Waals surface area contributed by atoms with Crippen LogP contribution in [0.15, 0.2) is 20.1 Å². The van der Waals surface area contributed by atoms with Gasteiger partial charge >= 0.3 is 6.09 Å². The van der Waals surface area contributed by atoms with E-state index < -0.39 is 21.7 Å². The number of ether oxygens (including phenoxy) is 1. The highest BCUT2D eigenvalue weighted by Crippen LogP contribution is 2.29. The van der Waals surface area contributed by atoms with E-state index in [-0.39, 0.29) is 6.04 Å². The molecule has 0 atom stereocenters. The summed E-state index contributed by atoms with van der Waals surface area (Å²) in [7, 11) is -3.44. The topological polar surface area (TPSA) is 75.7 Å². The van der Waals surface area contributed by atoms with Crippen molar-refractivity contribution >= 4 is 43.4 Å². The Morgan fingerprint density at radius 1 is 1.35 bits per heavy atom. The lowest BCUT2D eigenvalue weighted by atomic mass is 10.1. The molecule has 1 N–H and O–H groups in total. The Hall–Kier alpha value is -0.640. The Morgan fingerprint density at radius 2 is 1.96 bits per heavy atom. The number of amides is 1. The molecule has 0 radical (unpaired) electrons. The molecule has 9 heteroatoms. The van der Waals surface area contributed by atoms with Crippen LogP contribution in [-0.2, 0) is 14.8 Å². The van der Waals surface area contributed by atoms with Crippen molar-refractivity contribution < 1.29 is 17.9 Å². The number of thiophene rings is 1. The second-order valence-corrected chi connectivity index (χ2v) is 11.0. The highest BCUT2D eigenvalue weighted by atomic mass is 79.9. The molecule has 1 aliphatic rings. The maximum absolute atomic E-state index is 12.5. The van der Waals surface area contributed by atoms with Crippen molar-refractivity contribution in [2.45, 2.75) is 49.5 Å². The Kier molecular flexibility index (Phi) is 5.76. The predicted molar refractivity (Wildman–Crippen MR) is 93.2 cm³/mol. The molecule has 23 heavy (non-hydrogen) atoms. The summed E-state index contributed by atoms with van der Waals surface area (Å²) in [5.74, 6) is 0. The van der Waals surface area contributed by atoms with Gasteiger partial charge in [0.2, 0.25) is 0 Å². The van der Waals surface area contributed by atoms with E-state index in [2.05, 4.69) is 21.2 Å². The highest BCUT2D eigenvalue weighted by molar-refractivity contribution is 9.11. The van der Waals surface area contributed by atoms with E-state index in [4.69, 9.17) is 4.74 Å². The van der Waals surface area contributed by atoms with Crippen LogP contribution in [0.5, 0.6) is 0 Å². The van der Waals surface area contributed by atoms with E-state index in [0.717, 1.165) is 3.79 Å². The minimum Gasteiger partial charge on any atom is -0.444 e. The second-order valence-electron chi connectivity index (χ2n) is 6.38. The number of nitrogens with one attached hydrogen (secondary N) is 1. The van der Waals surface area contributed by atoms with Crippen LogP contribution in [0.25, 0.3) is 0 Å². The maximum Gasteiger partial charge on any atom is 0.407 e. The first-order valence-electron chi connectivity index (χ1n) is 7.33. The van der Waals surface area contributed by atoms with Crippen molar-refractivity contribution in [2.24, 2.45) is 0 Å². The van der Waals surface area contributed by atoms with Gasteiger partial charge in [0.15, 0.2) is 0 Å². The first-order valence-corrected chi connectivity index (χ1v) is 10.4. The summed E-state index contributed by atoms with van der Waals surface area (Å²) >= 11 is 4.49. The van der Waals surface area contributed by atoms with Crippen molar-refractivity contribution in [1.29, 1.82) is 0 Å². The lowest BCUT2D eigenvalue weighted by Crippen LogP contribution is -2.47. The average Bonchev–Trinajstić information content (AvgIpc) is 2.84. The van der Waals surface area contributed by atoms with Crippen LogP contribution in [0.4, 0.5) is 4.79 Å². The molecule has 0 unspecified atom stereocenters. The third-order valence-corrected chi connectivity index (χ3v) is 7.31. The van der Waals surface area contributed by atoms with Crippen LogP contribution in [0.2, 0.25) is 0 Å². The SMILES string of the molecule is CC(C)(C)OC(=O)NC1CCN(S(=O)(=O)c2ccc(Br)s2)CC1. The van der Waals surface area contributed by atoms with Crippen LogP contribution in [-0.4, -0.2) is 43.5 Å². The summed E-state index contributed by atoms with van der Waals surface area (Å²) in [6.45, 7) is 6.19. The number of nitrogens with zero attached hydrogens (tertiary/aromatic N) is 1. The largest absolute Gasteiger partial charge is 0.444 e. The van der Waals surface area contributed by atoms with Crippen molar-refractivity contribution in [1.82, 2.24) is 9.62 Å². The zero-order chi connectivity index (χ0) is 17.3. The van der Waals surface area contributed by atoms with E-state index in [1.54, 1.807) is 32.9 Å². The number of carbonyl (C=O) groups is 1. The van der Waals surface area contributed by atoms with E-state index in [9.17, 15) is 13.2 Å². The molecule has 0 bridgehead atoms. The third kappa shape index (κ3) is 5.17. The number of halogens is 1. The van der Waals surface area contributed by atoms with Crippen LogP contribution in [0.3, 0.4) is 0 Å². The summed E-state index contributed by atoms with van der Waals surface area (Å²) in [6, 6.07) is 3.27. The van der Waals surface area contributed by atoms with Crippen LogP contribution >= 0.6 is 27.3 Å². The van der Waals surface area contributed by atoms with E-state index in [1.807, 2.05) is 0 Å². The van der Waals surface area contributed by atoms with Gasteiger partial charge < -0.3 is 10.1 Å². The number of sulfonamides is 1. The minimum absolute atomic E-state index is 0.0635. The zero-order valence-corrected chi connectivity index (χ0v) is 16.6. The number of piperidine rings is 1. The smallest absolute Gasteiger partial charge is 0.407 e. The fraction of sp³-hybridized carbons (Fsp3) is 0.643. The zero-order valence-electron chi connectivity index (χ0n) is 13.3. The molecule has 1 fully saturated rings. The molecule has 0 aromatic carbocycles. The molecule has 6 nitrogen and oxygen atoms in total. The summed E-state index contributed by atoms with van der Waals surface area (Å²) in [4.78, 5) is 11.8.